The number of rotatable bonds is 1. The zero-order valence-electron chi connectivity index (χ0n) is 8.65. The summed E-state index contributed by atoms with van der Waals surface area (Å²) >= 11 is 6.36. The molecule has 0 spiro atoms. The monoisotopic (exact) mass is 327 g/mol. The molecule has 1 N–H and O–H groups in total. The molecule has 0 amide bonds. The van der Waals surface area contributed by atoms with Crippen LogP contribution in [0.3, 0.4) is 0 Å². The Morgan fingerprint density at radius 1 is 1.47 bits per heavy atom. The maximum absolute atomic E-state index is 12.0. The Bertz CT molecular complexity index is 780. The number of aromatic nitrogens is 3. The minimum absolute atomic E-state index is 0.106. The van der Waals surface area contributed by atoms with E-state index in [-0.39, 0.29) is 5.56 Å². The van der Waals surface area contributed by atoms with Crippen LogP contribution in [0.2, 0.25) is 0 Å². The van der Waals surface area contributed by atoms with Gasteiger partial charge in [-0.2, -0.15) is 0 Å². The van der Waals surface area contributed by atoms with Gasteiger partial charge in [0.25, 0.3) is 5.56 Å². The van der Waals surface area contributed by atoms with Gasteiger partial charge in [-0.05, 0) is 22.2 Å². The number of thiophene rings is 1. The van der Waals surface area contributed by atoms with Crippen molar-refractivity contribution in [2.45, 2.75) is 5.16 Å². The van der Waals surface area contributed by atoms with Crippen molar-refractivity contribution in [2.24, 2.45) is 0 Å². The second-order valence-corrected chi connectivity index (χ2v) is 6.00. The normalized spacial score (nSPS) is 11.4. The standard InChI is InChI=1S/C10H6BrN3OS2/c1-16-10-13-8(15)6-4-2-12-3-5(11)7(4)17-9(6)14-10/h2-3H,1H3,(H,13,14,15). The first-order valence-electron chi connectivity index (χ1n) is 4.70. The highest BCUT2D eigenvalue weighted by Crippen LogP contribution is 2.34. The lowest BCUT2D eigenvalue weighted by Gasteiger charge is -1.94. The van der Waals surface area contributed by atoms with E-state index in [1.807, 2.05) is 6.26 Å². The number of aromatic amines is 1. The van der Waals surface area contributed by atoms with Crippen molar-refractivity contribution in [3.05, 3.63) is 27.2 Å². The van der Waals surface area contributed by atoms with Crippen molar-refractivity contribution < 1.29 is 0 Å². The van der Waals surface area contributed by atoms with Crippen molar-refractivity contribution in [3.8, 4) is 0 Å². The number of pyridine rings is 1. The van der Waals surface area contributed by atoms with Crippen molar-refractivity contribution in [3.63, 3.8) is 0 Å². The third-order valence-corrected chi connectivity index (χ3v) is 4.96. The van der Waals surface area contributed by atoms with E-state index < -0.39 is 0 Å². The lowest BCUT2D eigenvalue weighted by molar-refractivity contribution is 0.985. The summed E-state index contributed by atoms with van der Waals surface area (Å²) in [4.78, 5) is 24.0. The highest BCUT2D eigenvalue weighted by atomic mass is 79.9. The zero-order chi connectivity index (χ0) is 12.0. The number of fused-ring (bicyclic) bond motifs is 3. The summed E-state index contributed by atoms with van der Waals surface area (Å²) in [6.07, 6.45) is 5.31. The van der Waals surface area contributed by atoms with E-state index >= 15 is 0 Å². The van der Waals surface area contributed by atoms with Crippen LogP contribution in [-0.2, 0) is 0 Å². The Morgan fingerprint density at radius 3 is 3.06 bits per heavy atom. The molecule has 0 aromatic carbocycles. The van der Waals surface area contributed by atoms with Crippen molar-refractivity contribution in [2.75, 3.05) is 6.26 Å². The molecule has 3 aromatic rings. The number of nitrogens with zero attached hydrogens (tertiary/aromatic N) is 2. The lowest BCUT2D eigenvalue weighted by atomic mass is 10.2. The van der Waals surface area contributed by atoms with Crippen LogP contribution in [0.5, 0.6) is 0 Å². The number of H-pyrrole nitrogens is 1. The van der Waals surface area contributed by atoms with E-state index in [0.717, 1.165) is 19.4 Å². The topological polar surface area (TPSA) is 58.6 Å². The largest absolute Gasteiger partial charge is 0.301 e. The quantitative estimate of drug-likeness (QED) is 0.551. The third kappa shape index (κ3) is 1.69. The van der Waals surface area contributed by atoms with Crippen molar-refractivity contribution in [1.82, 2.24) is 15.0 Å². The molecule has 0 fully saturated rings. The highest BCUT2D eigenvalue weighted by Gasteiger charge is 2.13. The maximum Gasteiger partial charge on any atom is 0.260 e. The van der Waals surface area contributed by atoms with Crippen LogP contribution in [0.15, 0.2) is 26.8 Å². The molecule has 0 aliphatic carbocycles. The van der Waals surface area contributed by atoms with Gasteiger partial charge in [-0.25, -0.2) is 4.98 Å². The average molecular weight is 328 g/mol. The van der Waals surface area contributed by atoms with Crippen LogP contribution in [0.1, 0.15) is 0 Å². The van der Waals surface area contributed by atoms with Gasteiger partial charge < -0.3 is 4.98 Å². The van der Waals surface area contributed by atoms with Crippen LogP contribution >= 0.6 is 39.0 Å². The minimum Gasteiger partial charge on any atom is -0.301 e. The molecule has 0 unspecified atom stereocenters. The number of hydrogen-bond acceptors (Lipinski definition) is 5. The summed E-state index contributed by atoms with van der Waals surface area (Å²) in [6, 6.07) is 0. The lowest BCUT2D eigenvalue weighted by Crippen LogP contribution is -2.07. The third-order valence-electron chi connectivity index (χ3n) is 2.38. The molecular formula is C10H6BrN3OS2. The van der Waals surface area contributed by atoms with Gasteiger partial charge in [-0.1, -0.05) is 11.8 Å². The van der Waals surface area contributed by atoms with Crippen molar-refractivity contribution in [1.29, 1.82) is 0 Å². The van der Waals surface area contributed by atoms with Crippen LogP contribution in [0.4, 0.5) is 0 Å². The number of nitrogens with one attached hydrogen (secondary N) is 1. The van der Waals surface area contributed by atoms with E-state index in [1.165, 1.54) is 23.1 Å². The summed E-state index contributed by atoms with van der Waals surface area (Å²) in [5, 5.41) is 2.11. The first kappa shape index (κ1) is 11.2. The first-order chi connectivity index (χ1) is 8.20. The molecule has 17 heavy (non-hydrogen) atoms. The predicted octanol–water partition coefficient (Wildman–Crippen LogP) is 3.02. The molecule has 0 atom stereocenters. The van der Waals surface area contributed by atoms with E-state index in [4.69, 9.17) is 0 Å². The van der Waals surface area contributed by atoms with Crippen LogP contribution in [0.25, 0.3) is 20.3 Å². The van der Waals surface area contributed by atoms with Gasteiger partial charge >= 0.3 is 0 Å². The van der Waals surface area contributed by atoms with Gasteiger partial charge in [-0.3, -0.25) is 9.78 Å². The molecule has 3 heterocycles. The second-order valence-electron chi connectivity index (χ2n) is 3.36. The van der Waals surface area contributed by atoms with Gasteiger partial charge in [0, 0.05) is 17.8 Å². The molecular weight excluding hydrogens is 322 g/mol. The number of thioether (sulfide) groups is 1. The Labute approximate surface area is 113 Å². The molecule has 0 radical (unpaired) electrons. The van der Waals surface area contributed by atoms with Crippen LogP contribution < -0.4 is 5.56 Å². The molecule has 0 saturated heterocycles. The molecule has 0 saturated carbocycles. The van der Waals surface area contributed by atoms with Crippen LogP contribution in [-0.4, -0.2) is 21.2 Å². The van der Waals surface area contributed by atoms with Gasteiger partial charge in [0.05, 0.1) is 14.6 Å². The maximum atomic E-state index is 12.0. The molecule has 86 valence electrons. The summed E-state index contributed by atoms with van der Waals surface area (Å²) in [7, 11) is 0. The molecule has 0 aliphatic rings. The molecule has 0 aliphatic heterocycles. The van der Waals surface area contributed by atoms with E-state index in [9.17, 15) is 4.79 Å². The van der Waals surface area contributed by atoms with E-state index in [0.29, 0.717) is 10.5 Å². The Morgan fingerprint density at radius 2 is 2.29 bits per heavy atom. The fourth-order valence-corrected chi connectivity index (χ4v) is 3.70. The summed E-state index contributed by atoms with van der Waals surface area (Å²) in [5.41, 5.74) is -0.106. The van der Waals surface area contributed by atoms with Gasteiger partial charge in [-0.15, -0.1) is 11.3 Å². The van der Waals surface area contributed by atoms with Crippen LogP contribution in [0, 0.1) is 0 Å². The summed E-state index contributed by atoms with van der Waals surface area (Å²) in [5.74, 6) is 0. The van der Waals surface area contributed by atoms with Gasteiger partial charge in [0.1, 0.15) is 4.83 Å². The fraction of sp³-hybridized carbons (Fsp3) is 0.100. The Hall–Kier alpha value is -0.920. The second kappa shape index (κ2) is 4.08. The fourth-order valence-electron chi connectivity index (χ4n) is 1.64. The predicted molar refractivity (Wildman–Crippen MR) is 75.0 cm³/mol. The van der Waals surface area contributed by atoms with Gasteiger partial charge in [0.15, 0.2) is 5.16 Å². The Balaban J connectivity index is 2.56. The molecule has 4 nitrogen and oxygen atoms in total. The summed E-state index contributed by atoms with van der Waals surface area (Å²) in [6.45, 7) is 0. The van der Waals surface area contributed by atoms with E-state index in [1.54, 1.807) is 12.4 Å². The van der Waals surface area contributed by atoms with E-state index in [2.05, 4.69) is 30.9 Å². The minimum atomic E-state index is -0.106. The van der Waals surface area contributed by atoms with Gasteiger partial charge in [0.2, 0.25) is 0 Å². The van der Waals surface area contributed by atoms with Crippen molar-refractivity contribution >= 4 is 59.3 Å². The Kier molecular flexibility index (Phi) is 2.68. The molecule has 3 rings (SSSR count). The smallest absolute Gasteiger partial charge is 0.260 e. The molecule has 0 bridgehead atoms. The molecule has 7 heteroatoms. The zero-order valence-corrected chi connectivity index (χ0v) is 11.9. The first-order valence-corrected chi connectivity index (χ1v) is 7.54. The average Bonchev–Trinajstić information content (AvgIpc) is 2.69. The molecule has 3 aromatic heterocycles. The SMILES string of the molecule is CSc1nc2sc3c(Br)cncc3c2c(=O)[nH]1. The highest BCUT2D eigenvalue weighted by molar-refractivity contribution is 9.10. The summed E-state index contributed by atoms with van der Waals surface area (Å²) < 4.78 is 1.90. The number of halogens is 1. The number of hydrogen-bond donors (Lipinski definition) is 1.